The summed E-state index contributed by atoms with van der Waals surface area (Å²) in [6.45, 7) is 4.21. The van der Waals surface area contributed by atoms with Crippen LogP contribution in [0.3, 0.4) is 0 Å². The van der Waals surface area contributed by atoms with Gasteiger partial charge in [0.2, 0.25) is 5.09 Å². The highest BCUT2D eigenvalue weighted by Crippen LogP contribution is 2.17. The molecule has 2 aromatic heterocycles. The molecule has 0 aromatic carbocycles. The van der Waals surface area contributed by atoms with Crippen LogP contribution in [0.1, 0.15) is 30.2 Å². The third-order valence-corrected chi connectivity index (χ3v) is 3.47. The van der Waals surface area contributed by atoms with Crippen molar-refractivity contribution >= 4 is 10.0 Å². The van der Waals surface area contributed by atoms with Crippen LogP contribution in [0.4, 0.5) is 0 Å². The number of nitrogens with one attached hydrogen (secondary N) is 1. The van der Waals surface area contributed by atoms with Gasteiger partial charge in [-0.3, -0.25) is 0 Å². The van der Waals surface area contributed by atoms with Crippen LogP contribution in [0.25, 0.3) is 0 Å². The lowest BCUT2D eigenvalue weighted by Crippen LogP contribution is -2.17. The number of primary sulfonamides is 1. The van der Waals surface area contributed by atoms with Crippen LogP contribution in [-0.4, -0.2) is 8.42 Å². The first-order valence-corrected chi connectivity index (χ1v) is 7.32. The Hall–Kier alpha value is -1.57. The quantitative estimate of drug-likeness (QED) is 0.870. The Morgan fingerprint density at radius 1 is 1.26 bits per heavy atom. The van der Waals surface area contributed by atoms with Crippen LogP contribution in [0.15, 0.2) is 38.2 Å². The first kappa shape index (κ1) is 13.9. The fourth-order valence-electron chi connectivity index (χ4n) is 1.65. The largest absolute Gasteiger partial charge is 0.465 e. The molecule has 3 N–H and O–H groups in total. The highest BCUT2D eigenvalue weighted by molar-refractivity contribution is 7.89. The fraction of sp³-hybridized carbons (Fsp3) is 0.333. The van der Waals surface area contributed by atoms with E-state index in [1.807, 2.05) is 26.0 Å². The molecule has 104 valence electrons. The molecule has 0 fully saturated rings. The van der Waals surface area contributed by atoms with Gasteiger partial charge in [-0.1, -0.05) is 0 Å². The Bertz CT molecular complexity index is 657. The molecule has 0 aliphatic rings. The number of nitrogens with two attached hydrogens (primary N) is 1. The molecule has 1 unspecified atom stereocenters. The molecule has 0 aliphatic carbocycles. The summed E-state index contributed by atoms with van der Waals surface area (Å²) in [7, 11) is -3.78. The van der Waals surface area contributed by atoms with Gasteiger partial charge in [0.25, 0.3) is 10.0 Å². The molecule has 6 nitrogen and oxygen atoms in total. The monoisotopic (exact) mass is 284 g/mol. The molecule has 0 bridgehead atoms. The van der Waals surface area contributed by atoms with Gasteiger partial charge in [-0.15, -0.1) is 0 Å². The molecule has 0 amide bonds. The maximum absolute atomic E-state index is 11.1. The van der Waals surface area contributed by atoms with Crippen LogP contribution < -0.4 is 10.5 Å². The number of sulfonamides is 1. The third kappa shape index (κ3) is 3.46. The number of hydrogen-bond acceptors (Lipinski definition) is 5. The van der Waals surface area contributed by atoms with E-state index in [1.165, 1.54) is 6.07 Å². The molecule has 0 saturated carbocycles. The second kappa shape index (κ2) is 5.20. The highest BCUT2D eigenvalue weighted by Gasteiger charge is 2.14. The van der Waals surface area contributed by atoms with Crippen LogP contribution in [0, 0.1) is 6.92 Å². The summed E-state index contributed by atoms with van der Waals surface area (Å²) in [5.74, 6) is 2.16. The van der Waals surface area contributed by atoms with Gasteiger partial charge in [0.15, 0.2) is 0 Å². The molecule has 0 saturated heterocycles. The van der Waals surface area contributed by atoms with E-state index in [0.717, 1.165) is 11.5 Å². The topological polar surface area (TPSA) is 98.5 Å². The van der Waals surface area contributed by atoms with Gasteiger partial charge in [-0.2, -0.15) is 0 Å². The lowest BCUT2D eigenvalue weighted by Gasteiger charge is -2.09. The van der Waals surface area contributed by atoms with E-state index < -0.39 is 10.0 Å². The van der Waals surface area contributed by atoms with Crippen molar-refractivity contribution in [3.63, 3.8) is 0 Å². The average Bonchev–Trinajstić information content (AvgIpc) is 2.93. The molecular weight excluding hydrogens is 268 g/mol. The molecule has 7 heteroatoms. The Morgan fingerprint density at radius 2 is 2.00 bits per heavy atom. The van der Waals surface area contributed by atoms with Gasteiger partial charge < -0.3 is 14.2 Å². The standard InChI is InChI=1S/C12H16N2O4S/c1-8-3-5-11(17-8)9(2)14-7-10-4-6-12(18-10)19(13,15)16/h3-6,9,14H,7H2,1-2H3,(H2,13,15,16). The van der Waals surface area contributed by atoms with E-state index in [-0.39, 0.29) is 11.1 Å². The minimum atomic E-state index is -3.78. The van der Waals surface area contributed by atoms with Crippen LogP contribution in [0.2, 0.25) is 0 Å². The van der Waals surface area contributed by atoms with Gasteiger partial charge in [-0.05, 0) is 38.1 Å². The lowest BCUT2D eigenvalue weighted by molar-refractivity contribution is 0.372. The maximum atomic E-state index is 11.1. The van der Waals surface area contributed by atoms with Crippen LogP contribution in [-0.2, 0) is 16.6 Å². The van der Waals surface area contributed by atoms with Crippen molar-refractivity contribution in [2.75, 3.05) is 0 Å². The predicted molar refractivity (Wildman–Crippen MR) is 68.8 cm³/mol. The Balaban J connectivity index is 1.97. The molecule has 2 heterocycles. The van der Waals surface area contributed by atoms with Gasteiger partial charge in [0.05, 0.1) is 12.6 Å². The Labute approximate surface area is 111 Å². The predicted octanol–water partition coefficient (Wildman–Crippen LogP) is 1.68. The third-order valence-electron chi connectivity index (χ3n) is 2.69. The van der Waals surface area contributed by atoms with E-state index in [1.54, 1.807) is 6.07 Å². The van der Waals surface area contributed by atoms with E-state index >= 15 is 0 Å². The molecule has 0 aliphatic heterocycles. The zero-order valence-electron chi connectivity index (χ0n) is 10.7. The van der Waals surface area contributed by atoms with Crippen molar-refractivity contribution in [3.8, 4) is 0 Å². The zero-order valence-corrected chi connectivity index (χ0v) is 11.5. The molecule has 2 rings (SSSR count). The number of hydrogen-bond donors (Lipinski definition) is 2. The Morgan fingerprint density at radius 3 is 2.53 bits per heavy atom. The van der Waals surface area contributed by atoms with Gasteiger partial charge in [0.1, 0.15) is 17.3 Å². The molecule has 0 radical (unpaired) electrons. The highest BCUT2D eigenvalue weighted by atomic mass is 32.2. The average molecular weight is 284 g/mol. The second-order valence-corrected chi connectivity index (χ2v) is 5.81. The summed E-state index contributed by atoms with van der Waals surface area (Å²) < 4.78 is 32.7. The minimum Gasteiger partial charge on any atom is -0.465 e. The van der Waals surface area contributed by atoms with E-state index in [0.29, 0.717) is 12.3 Å². The maximum Gasteiger partial charge on any atom is 0.271 e. The minimum absolute atomic E-state index is 0.00302. The fourth-order valence-corrected chi connectivity index (χ4v) is 2.13. The van der Waals surface area contributed by atoms with Crippen molar-refractivity contribution in [1.82, 2.24) is 5.32 Å². The van der Waals surface area contributed by atoms with Crippen LogP contribution in [0.5, 0.6) is 0 Å². The number of rotatable bonds is 5. The van der Waals surface area contributed by atoms with Crippen molar-refractivity contribution in [2.45, 2.75) is 31.5 Å². The van der Waals surface area contributed by atoms with Crippen molar-refractivity contribution in [2.24, 2.45) is 5.14 Å². The second-order valence-electron chi connectivity index (χ2n) is 4.32. The van der Waals surface area contributed by atoms with E-state index in [9.17, 15) is 8.42 Å². The number of furan rings is 2. The molecule has 0 spiro atoms. The van der Waals surface area contributed by atoms with Crippen molar-refractivity contribution in [1.29, 1.82) is 0 Å². The van der Waals surface area contributed by atoms with E-state index in [2.05, 4.69) is 5.32 Å². The summed E-state index contributed by atoms with van der Waals surface area (Å²) in [4.78, 5) is 0. The van der Waals surface area contributed by atoms with Crippen molar-refractivity contribution < 1.29 is 17.3 Å². The van der Waals surface area contributed by atoms with Gasteiger partial charge >= 0.3 is 0 Å². The van der Waals surface area contributed by atoms with E-state index in [4.69, 9.17) is 14.0 Å². The first-order chi connectivity index (χ1) is 8.86. The van der Waals surface area contributed by atoms with Gasteiger partial charge in [0, 0.05) is 0 Å². The lowest BCUT2D eigenvalue weighted by atomic mass is 10.2. The summed E-state index contributed by atoms with van der Waals surface area (Å²) in [5, 5.41) is 7.90. The normalized spacial score (nSPS) is 13.6. The summed E-state index contributed by atoms with van der Waals surface area (Å²) in [5.41, 5.74) is 0. The molecule has 19 heavy (non-hydrogen) atoms. The smallest absolute Gasteiger partial charge is 0.271 e. The molecular formula is C12H16N2O4S. The van der Waals surface area contributed by atoms with Gasteiger partial charge in [-0.25, -0.2) is 13.6 Å². The summed E-state index contributed by atoms with van der Waals surface area (Å²) in [6.07, 6.45) is 0. The summed E-state index contributed by atoms with van der Waals surface area (Å²) in [6, 6.07) is 6.70. The van der Waals surface area contributed by atoms with Crippen molar-refractivity contribution in [3.05, 3.63) is 41.5 Å². The zero-order chi connectivity index (χ0) is 14.0. The SMILES string of the molecule is Cc1ccc(C(C)NCc2ccc(S(N)(=O)=O)o2)o1. The molecule has 1 atom stereocenters. The summed E-state index contributed by atoms with van der Waals surface area (Å²) >= 11 is 0. The first-order valence-electron chi connectivity index (χ1n) is 5.77. The van der Waals surface area contributed by atoms with Crippen LogP contribution >= 0.6 is 0 Å². The molecule has 2 aromatic rings. The Kier molecular flexibility index (Phi) is 3.79. The number of aryl methyl sites for hydroxylation is 1.